The monoisotopic (exact) mass is 364 g/mol. The van der Waals surface area contributed by atoms with Crippen LogP contribution in [-0.4, -0.2) is 28.7 Å². The van der Waals surface area contributed by atoms with Gasteiger partial charge in [-0.2, -0.15) is 0 Å². The molecule has 7 nitrogen and oxygen atoms in total. The van der Waals surface area contributed by atoms with Crippen LogP contribution in [0.1, 0.15) is 21.7 Å². The second-order valence-corrected chi connectivity index (χ2v) is 5.85. The number of hydrogen-bond acceptors (Lipinski definition) is 4. The summed E-state index contributed by atoms with van der Waals surface area (Å²) < 4.78 is 6.71. The lowest BCUT2D eigenvalue weighted by atomic mass is 10.1. The van der Waals surface area contributed by atoms with Gasteiger partial charge in [-0.15, -0.1) is 0 Å². The van der Waals surface area contributed by atoms with E-state index in [1.807, 2.05) is 0 Å². The van der Waals surface area contributed by atoms with E-state index in [-0.39, 0.29) is 39.9 Å². The van der Waals surface area contributed by atoms with E-state index in [0.29, 0.717) is 11.4 Å². The predicted octanol–water partition coefficient (Wildman–Crippen LogP) is 2.46. The molecule has 0 saturated carbocycles. The highest BCUT2D eigenvalue weighted by molar-refractivity contribution is 6.34. The molecule has 1 amide bonds. The van der Waals surface area contributed by atoms with Crippen molar-refractivity contribution in [1.29, 1.82) is 0 Å². The number of hydrogen-bond donors (Lipinski definition) is 2. The summed E-state index contributed by atoms with van der Waals surface area (Å²) in [6.07, 6.45) is 0. The fraction of sp³-hybridized carbons (Fsp3) is 0.235. The number of carboxylic acid groups (broad SMARTS) is 1. The van der Waals surface area contributed by atoms with Crippen molar-refractivity contribution in [3.63, 3.8) is 0 Å². The molecule has 1 heterocycles. The fourth-order valence-corrected chi connectivity index (χ4v) is 2.67. The number of benzene rings is 1. The third kappa shape index (κ3) is 4.19. The summed E-state index contributed by atoms with van der Waals surface area (Å²) in [5.74, 6) is -1.47. The zero-order valence-corrected chi connectivity index (χ0v) is 14.7. The summed E-state index contributed by atoms with van der Waals surface area (Å²) in [5.41, 5.74) is 1.33. The van der Waals surface area contributed by atoms with Crippen molar-refractivity contribution in [3.8, 4) is 5.75 Å². The Labute approximate surface area is 148 Å². The van der Waals surface area contributed by atoms with Crippen LogP contribution in [0.25, 0.3) is 0 Å². The number of nitrogens with one attached hydrogen (secondary N) is 1. The van der Waals surface area contributed by atoms with Gasteiger partial charge < -0.3 is 19.7 Å². The van der Waals surface area contributed by atoms with E-state index in [2.05, 4.69) is 5.32 Å². The van der Waals surface area contributed by atoms with Crippen LogP contribution in [0.15, 0.2) is 29.1 Å². The van der Waals surface area contributed by atoms with E-state index in [1.54, 1.807) is 18.4 Å². The Bertz CT molecular complexity index is 878. The fourth-order valence-electron chi connectivity index (χ4n) is 2.46. The number of methoxy groups -OCH3 is 1. The Morgan fingerprint density at radius 3 is 2.32 bits per heavy atom. The van der Waals surface area contributed by atoms with Crippen molar-refractivity contribution < 1.29 is 19.4 Å². The van der Waals surface area contributed by atoms with Gasteiger partial charge in [0.2, 0.25) is 5.91 Å². The number of aryl methyl sites for hydroxylation is 2. The quantitative estimate of drug-likeness (QED) is 0.849. The van der Waals surface area contributed by atoms with Crippen LogP contribution >= 0.6 is 11.6 Å². The van der Waals surface area contributed by atoms with Crippen LogP contribution in [0.2, 0.25) is 5.02 Å². The normalized spacial score (nSPS) is 10.4. The van der Waals surface area contributed by atoms with Crippen molar-refractivity contribution in [2.75, 3.05) is 12.4 Å². The maximum absolute atomic E-state index is 12.3. The SMILES string of the molecule is COc1cc(NC(=O)Cn2c(C)cc(=O)cc2C)c(Cl)cc1C(=O)O. The zero-order valence-electron chi connectivity index (χ0n) is 13.9. The molecule has 1 aromatic carbocycles. The number of nitrogens with zero attached hydrogens (tertiary/aromatic N) is 1. The zero-order chi connectivity index (χ0) is 18.7. The van der Waals surface area contributed by atoms with E-state index >= 15 is 0 Å². The third-order valence-electron chi connectivity index (χ3n) is 3.65. The Balaban J connectivity index is 2.27. The number of aromatic nitrogens is 1. The number of amides is 1. The first-order chi connectivity index (χ1) is 11.7. The lowest BCUT2D eigenvalue weighted by Crippen LogP contribution is -2.23. The molecule has 0 fully saturated rings. The molecular weight excluding hydrogens is 348 g/mol. The largest absolute Gasteiger partial charge is 0.496 e. The Morgan fingerprint density at radius 2 is 1.80 bits per heavy atom. The van der Waals surface area contributed by atoms with Crippen LogP contribution in [0.5, 0.6) is 5.75 Å². The molecule has 0 bridgehead atoms. The molecule has 0 saturated heterocycles. The number of halogens is 1. The van der Waals surface area contributed by atoms with E-state index in [1.165, 1.54) is 31.4 Å². The second-order valence-electron chi connectivity index (χ2n) is 5.45. The van der Waals surface area contributed by atoms with Gasteiger partial charge >= 0.3 is 5.97 Å². The highest BCUT2D eigenvalue weighted by Gasteiger charge is 2.16. The average Bonchev–Trinajstić information content (AvgIpc) is 2.52. The molecule has 2 aromatic rings. The molecule has 0 aliphatic rings. The summed E-state index contributed by atoms with van der Waals surface area (Å²) >= 11 is 6.05. The van der Waals surface area contributed by atoms with Crippen molar-refractivity contribution in [2.24, 2.45) is 0 Å². The highest BCUT2D eigenvalue weighted by atomic mass is 35.5. The lowest BCUT2D eigenvalue weighted by molar-refractivity contribution is -0.116. The number of carbonyl (C=O) groups excluding carboxylic acids is 1. The molecule has 1 aromatic heterocycles. The number of ether oxygens (including phenoxy) is 1. The highest BCUT2D eigenvalue weighted by Crippen LogP contribution is 2.31. The minimum Gasteiger partial charge on any atom is -0.496 e. The average molecular weight is 365 g/mol. The molecular formula is C17H17ClN2O5. The minimum atomic E-state index is -1.18. The third-order valence-corrected chi connectivity index (χ3v) is 3.96. The van der Waals surface area contributed by atoms with Crippen molar-refractivity contribution in [2.45, 2.75) is 20.4 Å². The van der Waals surface area contributed by atoms with Crippen molar-refractivity contribution in [3.05, 3.63) is 56.5 Å². The van der Waals surface area contributed by atoms with Gasteiger partial charge in [0.15, 0.2) is 5.43 Å². The smallest absolute Gasteiger partial charge is 0.339 e. The van der Waals surface area contributed by atoms with E-state index in [9.17, 15) is 14.4 Å². The molecule has 0 aliphatic heterocycles. The second kappa shape index (κ2) is 7.40. The summed E-state index contributed by atoms with van der Waals surface area (Å²) in [4.78, 5) is 34.9. The Morgan fingerprint density at radius 1 is 1.20 bits per heavy atom. The first-order valence-electron chi connectivity index (χ1n) is 7.31. The van der Waals surface area contributed by atoms with Gasteiger partial charge in [-0.25, -0.2) is 4.79 Å². The molecule has 25 heavy (non-hydrogen) atoms. The van der Waals surface area contributed by atoms with Gasteiger partial charge in [0.05, 0.1) is 17.8 Å². The van der Waals surface area contributed by atoms with Crippen molar-refractivity contribution >= 4 is 29.2 Å². The molecule has 8 heteroatoms. The van der Waals surface area contributed by atoms with Crippen LogP contribution in [0.3, 0.4) is 0 Å². The minimum absolute atomic E-state index is 0.0166. The molecule has 0 spiro atoms. The van der Waals surface area contributed by atoms with Gasteiger partial charge in [-0.1, -0.05) is 11.6 Å². The molecule has 2 N–H and O–H groups in total. The predicted molar refractivity (Wildman–Crippen MR) is 93.8 cm³/mol. The van der Waals surface area contributed by atoms with Crippen molar-refractivity contribution in [1.82, 2.24) is 4.57 Å². The first-order valence-corrected chi connectivity index (χ1v) is 7.69. The van der Waals surface area contributed by atoms with Crippen LogP contribution < -0.4 is 15.5 Å². The van der Waals surface area contributed by atoms with Gasteiger partial charge in [-0.05, 0) is 19.9 Å². The lowest BCUT2D eigenvalue weighted by Gasteiger charge is -2.15. The molecule has 2 rings (SSSR count). The van der Waals surface area contributed by atoms with E-state index < -0.39 is 5.97 Å². The molecule has 0 aliphatic carbocycles. The number of carbonyl (C=O) groups is 2. The number of aromatic carboxylic acids is 1. The maximum atomic E-state index is 12.3. The van der Waals surface area contributed by atoms with Crippen LogP contribution in [0.4, 0.5) is 5.69 Å². The van der Waals surface area contributed by atoms with Gasteiger partial charge in [0, 0.05) is 29.6 Å². The van der Waals surface area contributed by atoms with E-state index in [4.69, 9.17) is 21.4 Å². The molecule has 132 valence electrons. The topological polar surface area (TPSA) is 97.6 Å². The maximum Gasteiger partial charge on any atom is 0.339 e. The number of anilines is 1. The summed E-state index contributed by atoms with van der Waals surface area (Å²) in [5, 5.41) is 11.8. The number of carboxylic acids is 1. The number of pyridine rings is 1. The standard InChI is InChI=1S/C17H17ClN2O5/c1-9-4-11(21)5-10(2)20(9)8-16(22)19-14-7-15(25-3)12(17(23)24)6-13(14)18/h4-7H,8H2,1-3H3,(H,19,22)(H,23,24). The van der Waals surface area contributed by atoms with Gasteiger partial charge in [0.1, 0.15) is 17.9 Å². The van der Waals surface area contributed by atoms with Crippen LogP contribution in [0, 0.1) is 13.8 Å². The molecule has 0 radical (unpaired) electrons. The first kappa shape index (κ1) is 18.5. The summed E-state index contributed by atoms with van der Waals surface area (Å²) in [6.45, 7) is 3.45. The van der Waals surface area contributed by atoms with Gasteiger partial charge in [0.25, 0.3) is 0 Å². The van der Waals surface area contributed by atoms with E-state index in [0.717, 1.165) is 0 Å². The molecule has 0 atom stereocenters. The van der Waals surface area contributed by atoms with Gasteiger partial charge in [-0.3, -0.25) is 9.59 Å². The summed E-state index contributed by atoms with van der Waals surface area (Å²) in [7, 11) is 1.33. The Kier molecular flexibility index (Phi) is 5.48. The Hall–Kier alpha value is -2.80. The summed E-state index contributed by atoms with van der Waals surface area (Å²) in [6, 6.07) is 5.46. The van der Waals surface area contributed by atoms with Crippen LogP contribution in [-0.2, 0) is 11.3 Å². The number of rotatable bonds is 5. The molecule has 0 unspecified atom stereocenters.